The molecule has 4 N–H and O–H groups in total. The lowest BCUT2D eigenvalue weighted by Gasteiger charge is -2.06. The third-order valence-electron chi connectivity index (χ3n) is 2.59. The second-order valence-corrected chi connectivity index (χ2v) is 4.22. The molecule has 0 aliphatic heterocycles. The summed E-state index contributed by atoms with van der Waals surface area (Å²) in [6.07, 6.45) is 2.43. The van der Waals surface area contributed by atoms with Gasteiger partial charge in [0.15, 0.2) is 0 Å². The zero-order valence-corrected chi connectivity index (χ0v) is 9.44. The Kier molecular flexibility index (Phi) is 3.49. The van der Waals surface area contributed by atoms with Crippen LogP contribution in [-0.4, -0.2) is 35.3 Å². The van der Waals surface area contributed by atoms with Crippen molar-refractivity contribution in [3.05, 3.63) is 23.8 Å². The molecular weight excluding hydrogens is 220 g/mol. The number of amides is 1. The van der Waals surface area contributed by atoms with E-state index in [1.165, 1.54) is 31.0 Å². The number of carbonyl (C=O) groups is 1. The van der Waals surface area contributed by atoms with Crippen LogP contribution in [0.2, 0.25) is 0 Å². The normalized spacial score (nSPS) is 14.6. The molecular formula is C12H16N2O3. The van der Waals surface area contributed by atoms with Gasteiger partial charge >= 0.3 is 0 Å². The number of phenols is 2. The fourth-order valence-corrected chi connectivity index (χ4v) is 1.57. The minimum Gasteiger partial charge on any atom is -0.508 e. The van der Waals surface area contributed by atoms with E-state index in [2.05, 4.69) is 10.6 Å². The molecule has 0 radical (unpaired) electrons. The number of phenolic OH excluding ortho intramolecular Hbond substituents is 2. The topological polar surface area (TPSA) is 81.6 Å². The molecule has 1 fully saturated rings. The van der Waals surface area contributed by atoms with Gasteiger partial charge in [-0.1, -0.05) is 0 Å². The van der Waals surface area contributed by atoms with E-state index in [9.17, 15) is 15.0 Å². The first-order chi connectivity index (χ1) is 8.15. The van der Waals surface area contributed by atoms with Crippen molar-refractivity contribution >= 4 is 5.91 Å². The van der Waals surface area contributed by atoms with Gasteiger partial charge in [0.25, 0.3) is 5.91 Å². The summed E-state index contributed by atoms with van der Waals surface area (Å²) < 4.78 is 0. The zero-order chi connectivity index (χ0) is 12.3. The Hall–Kier alpha value is -1.75. The molecule has 0 spiro atoms. The highest BCUT2D eigenvalue weighted by molar-refractivity contribution is 5.95. The Balaban J connectivity index is 1.80. The summed E-state index contributed by atoms with van der Waals surface area (Å²) in [5.74, 6) is -0.536. The predicted octanol–water partition coefficient (Wildman–Crippen LogP) is 0.580. The zero-order valence-electron chi connectivity index (χ0n) is 9.44. The summed E-state index contributed by atoms with van der Waals surface area (Å²) >= 11 is 0. The van der Waals surface area contributed by atoms with Crippen molar-refractivity contribution in [3.63, 3.8) is 0 Å². The molecule has 1 aromatic rings. The number of carbonyl (C=O) groups excluding carboxylic acids is 1. The Morgan fingerprint density at radius 1 is 1.18 bits per heavy atom. The molecule has 0 unspecified atom stereocenters. The minimum absolute atomic E-state index is 0.119. The van der Waals surface area contributed by atoms with Crippen LogP contribution in [0.3, 0.4) is 0 Å². The third kappa shape index (κ3) is 3.64. The molecule has 0 bridgehead atoms. The molecule has 2 rings (SSSR count). The second kappa shape index (κ2) is 5.05. The van der Waals surface area contributed by atoms with Crippen molar-refractivity contribution in [1.82, 2.24) is 10.6 Å². The summed E-state index contributed by atoms with van der Waals surface area (Å²) in [6, 6.07) is 4.45. The quantitative estimate of drug-likeness (QED) is 0.564. The Bertz CT molecular complexity index is 396. The Morgan fingerprint density at radius 2 is 1.82 bits per heavy atom. The van der Waals surface area contributed by atoms with E-state index in [0.717, 1.165) is 6.54 Å². The summed E-state index contributed by atoms with van der Waals surface area (Å²) in [5, 5.41) is 24.5. The molecule has 17 heavy (non-hydrogen) atoms. The van der Waals surface area contributed by atoms with Crippen molar-refractivity contribution in [1.29, 1.82) is 0 Å². The van der Waals surface area contributed by atoms with Crippen molar-refractivity contribution in [2.24, 2.45) is 0 Å². The number of hydrogen-bond donors (Lipinski definition) is 4. The van der Waals surface area contributed by atoms with Gasteiger partial charge in [-0.25, -0.2) is 0 Å². The van der Waals surface area contributed by atoms with Crippen LogP contribution < -0.4 is 10.6 Å². The van der Waals surface area contributed by atoms with Crippen LogP contribution in [-0.2, 0) is 0 Å². The number of rotatable bonds is 5. The van der Waals surface area contributed by atoms with E-state index in [-0.39, 0.29) is 23.0 Å². The molecule has 0 aromatic heterocycles. The summed E-state index contributed by atoms with van der Waals surface area (Å²) in [7, 11) is 0. The van der Waals surface area contributed by atoms with Crippen molar-refractivity contribution in [2.45, 2.75) is 18.9 Å². The van der Waals surface area contributed by atoms with E-state index in [1.54, 1.807) is 0 Å². The average Bonchev–Trinajstić information content (AvgIpc) is 3.06. The van der Waals surface area contributed by atoms with Crippen molar-refractivity contribution in [3.8, 4) is 11.5 Å². The van der Waals surface area contributed by atoms with E-state index in [4.69, 9.17) is 0 Å². The molecule has 0 saturated heterocycles. The summed E-state index contributed by atoms with van der Waals surface area (Å²) in [5.41, 5.74) is 0.258. The van der Waals surface area contributed by atoms with Crippen LogP contribution in [0, 0.1) is 0 Å². The van der Waals surface area contributed by atoms with Crippen LogP contribution in [0.1, 0.15) is 23.2 Å². The maximum atomic E-state index is 11.6. The standard InChI is InChI=1S/C12H16N2O3/c15-10-5-8(6-11(16)7-10)12(17)14-4-3-13-9-1-2-9/h5-7,9,13,15-16H,1-4H2,(H,14,17). The second-order valence-electron chi connectivity index (χ2n) is 4.22. The van der Waals surface area contributed by atoms with Crippen LogP contribution in [0.15, 0.2) is 18.2 Å². The molecule has 1 aromatic carbocycles. The van der Waals surface area contributed by atoms with Gasteiger partial charge in [0.1, 0.15) is 11.5 Å². The van der Waals surface area contributed by atoms with E-state index in [0.29, 0.717) is 12.6 Å². The van der Waals surface area contributed by atoms with E-state index < -0.39 is 0 Å². The van der Waals surface area contributed by atoms with Gasteiger partial charge in [-0.3, -0.25) is 4.79 Å². The number of hydrogen-bond acceptors (Lipinski definition) is 4. The molecule has 5 heteroatoms. The molecule has 1 aliphatic rings. The third-order valence-corrected chi connectivity index (χ3v) is 2.59. The van der Waals surface area contributed by atoms with Gasteiger partial charge in [0, 0.05) is 30.8 Å². The predicted molar refractivity (Wildman–Crippen MR) is 63.1 cm³/mol. The van der Waals surface area contributed by atoms with E-state index >= 15 is 0 Å². The van der Waals surface area contributed by atoms with Gasteiger partial charge < -0.3 is 20.8 Å². The summed E-state index contributed by atoms with van der Waals surface area (Å²) in [6.45, 7) is 1.27. The van der Waals surface area contributed by atoms with Gasteiger partial charge in [0.05, 0.1) is 0 Å². The maximum Gasteiger partial charge on any atom is 0.251 e. The van der Waals surface area contributed by atoms with Gasteiger partial charge in [-0.2, -0.15) is 0 Å². The molecule has 1 amide bonds. The smallest absolute Gasteiger partial charge is 0.251 e. The van der Waals surface area contributed by atoms with Crippen LogP contribution in [0.4, 0.5) is 0 Å². The lowest BCUT2D eigenvalue weighted by molar-refractivity contribution is 0.0953. The highest BCUT2D eigenvalue weighted by Gasteiger charge is 2.19. The Morgan fingerprint density at radius 3 is 2.41 bits per heavy atom. The van der Waals surface area contributed by atoms with E-state index in [1.807, 2.05) is 0 Å². The van der Waals surface area contributed by atoms with Crippen LogP contribution in [0.25, 0.3) is 0 Å². The number of aromatic hydroxyl groups is 2. The maximum absolute atomic E-state index is 11.6. The molecule has 1 saturated carbocycles. The van der Waals surface area contributed by atoms with Crippen LogP contribution in [0.5, 0.6) is 11.5 Å². The van der Waals surface area contributed by atoms with Crippen LogP contribution >= 0.6 is 0 Å². The molecule has 92 valence electrons. The van der Waals surface area contributed by atoms with Crippen molar-refractivity contribution < 1.29 is 15.0 Å². The SMILES string of the molecule is O=C(NCCNC1CC1)c1cc(O)cc(O)c1. The van der Waals surface area contributed by atoms with Crippen molar-refractivity contribution in [2.75, 3.05) is 13.1 Å². The largest absolute Gasteiger partial charge is 0.508 e. The van der Waals surface area contributed by atoms with Gasteiger partial charge in [0.2, 0.25) is 0 Å². The Labute approximate surface area is 99.5 Å². The highest BCUT2D eigenvalue weighted by atomic mass is 16.3. The average molecular weight is 236 g/mol. The number of benzene rings is 1. The van der Waals surface area contributed by atoms with Gasteiger partial charge in [-0.05, 0) is 25.0 Å². The van der Waals surface area contributed by atoms with Gasteiger partial charge in [-0.15, -0.1) is 0 Å². The molecule has 0 heterocycles. The lowest BCUT2D eigenvalue weighted by atomic mass is 10.2. The number of nitrogens with one attached hydrogen (secondary N) is 2. The molecule has 0 atom stereocenters. The monoisotopic (exact) mass is 236 g/mol. The summed E-state index contributed by atoms with van der Waals surface area (Å²) in [4.78, 5) is 11.6. The minimum atomic E-state index is -0.297. The first kappa shape index (κ1) is 11.7. The fourth-order valence-electron chi connectivity index (χ4n) is 1.57. The molecule has 1 aliphatic carbocycles. The highest BCUT2D eigenvalue weighted by Crippen LogP contribution is 2.20. The first-order valence-corrected chi connectivity index (χ1v) is 5.70. The fraction of sp³-hybridized carbons (Fsp3) is 0.417. The molecule has 5 nitrogen and oxygen atoms in total. The first-order valence-electron chi connectivity index (χ1n) is 5.70. The lowest BCUT2D eigenvalue weighted by Crippen LogP contribution is -2.32.